The van der Waals surface area contributed by atoms with Crippen LogP contribution in [0.2, 0.25) is 5.02 Å². The Morgan fingerprint density at radius 3 is 2.67 bits per heavy atom. The molecule has 1 aromatic rings. The molecule has 2 amide bonds. The van der Waals surface area contributed by atoms with Gasteiger partial charge in [-0.25, -0.2) is 4.79 Å². The summed E-state index contributed by atoms with van der Waals surface area (Å²) in [4.78, 5) is 11.9. The SMILES string of the molecule is COc1ccc(NC(=O)NCC(C)(C)CC(C)O)cc1Cl. The molecule has 0 aliphatic carbocycles. The summed E-state index contributed by atoms with van der Waals surface area (Å²) in [6.07, 6.45) is 0.215. The topological polar surface area (TPSA) is 70.6 Å². The Morgan fingerprint density at radius 1 is 1.48 bits per heavy atom. The van der Waals surface area contributed by atoms with Gasteiger partial charge in [-0.15, -0.1) is 0 Å². The molecule has 0 heterocycles. The van der Waals surface area contributed by atoms with Crippen LogP contribution in [0.4, 0.5) is 10.5 Å². The Balaban J connectivity index is 2.52. The van der Waals surface area contributed by atoms with Gasteiger partial charge in [0.25, 0.3) is 0 Å². The van der Waals surface area contributed by atoms with E-state index in [4.69, 9.17) is 16.3 Å². The van der Waals surface area contributed by atoms with Crippen LogP contribution in [0.15, 0.2) is 18.2 Å². The monoisotopic (exact) mass is 314 g/mol. The fourth-order valence-corrected chi connectivity index (χ4v) is 2.37. The van der Waals surface area contributed by atoms with Gasteiger partial charge in [0.05, 0.1) is 18.2 Å². The third-order valence-electron chi connectivity index (χ3n) is 2.99. The van der Waals surface area contributed by atoms with Crippen LogP contribution in [0.1, 0.15) is 27.2 Å². The molecule has 6 heteroatoms. The van der Waals surface area contributed by atoms with Gasteiger partial charge in [0.15, 0.2) is 0 Å². The molecule has 0 aliphatic rings. The highest BCUT2D eigenvalue weighted by molar-refractivity contribution is 6.32. The van der Waals surface area contributed by atoms with Gasteiger partial charge in [0, 0.05) is 12.2 Å². The van der Waals surface area contributed by atoms with E-state index in [1.54, 1.807) is 25.1 Å². The average Bonchev–Trinajstić information content (AvgIpc) is 2.35. The van der Waals surface area contributed by atoms with E-state index >= 15 is 0 Å². The number of carbonyl (C=O) groups excluding carboxylic acids is 1. The Morgan fingerprint density at radius 2 is 2.14 bits per heavy atom. The van der Waals surface area contributed by atoms with Crippen molar-refractivity contribution in [3.63, 3.8) is 0 Å². The van der Waals surface area contributed by atoms with E-state index in [0.717, 1.165) is 0 Å². The zero-order valence-corrected chi connectivity index (χ0v) is 13.6. The second-order valence-electron chi connectivity index (χ2n) is 5.87. The summed E-state index contributed by atoms with van der Waals surface area (Å²) in [6.45, 7) is 6.18. The van der Waals surface area contributed by atoms with E-state index in [0.29, 0.717) is 29.4 Å². The normalized spacial score (nSPS) is 12.7. The first kappa shape index (κ1) is 17.6. The van der Waals surface area contributed by atoms with Gasteiger partial charge in [-0.3, -0.25) is 0 Å². The molecule has 118 valence electrons. The number of benzene rings is 1. The summed E-state index contributed by atoms with van der Waals surface area (Å²) in [5, 5.41) is 15.3. The van der Waals surface area contributed by atoms with Crippen LogP contribution in [-0.2, 0) is 0 Å². The number of hydrogen-bond donors (Lipinski definition) is 3. The van der Waals surface area contributed by atoms with Crippen molar-refractivity contribution in [2.45, 2.75) is 33.3 Å². The Kier molecular flexibility index (Phi) is 6.30. The first-order valence-electron chi connectivity index (χ1n) is 6.80. The summed E-state index contributed by atoms with van der Waals surface area (Å²) in [7, 11) is 1.53. The number of methoxy groups -OCH3 is 1. The lowest BCUT2D eigenvalue weighted by atomic mass is 9.87. The van der Waals surface area contributed by atoms with Crippen LogP contribution in [-0.4, -0.2) is 30.9 Å². The van der Waals surface area contributed by atoms with Crippen molar-refractivity contribution in [3.05, 3.63) is 23.2 Å². The summed E-state index contributed by atoms with van der Waals surface area (Å²) in [5.74, 6) is 0.556. The van der Waals surface area contributed by atoms with Crippen molar-refractivity contribution in [2.24, 2.45) is 5.41 Å². The smallest absolute Gasteiger partial charge is 0.319 e. The van der Waals surface area contributed by atoms with Gasteiger partial charge in [-0.05, 0) is 37.0 Å². The summed E-state index contributed by atoms with van der Waals surface area (Å²) in [6, 6.07) is 4.72. The predicted octanol–water partition coefficient (Wildman–Crippen LogP) is 3.27. The largest absolute Gasteiger partial charge is 0.495 e. The van der Waals surface area contributed by atoms with Crippen molar-refractivity contribution < 1.29 is 14.6 Å². The molecule has 1 rings (SSSR count). The number of anilines is 1. The maximum absolute atomic E-state index is 11.9. The Labute approximate surface area is 130 Å². The molecule has 1 aromatic carbocycles. The standard InChI is InChI=1S/C15H23ClN2O3/c1-10(19)8-15(2,3)9-17-14(20)18-11-5-6-13(21-4)12(16)7-11/h5-7,10,19H,8-9H2,1-4H3,(H2,17,18,20). The van der Waals surface area contributed by atoms with E-state index in [1.165, 1.54) is 7.11 Å². The fourth-order valence-electron chi connectivity index (χ4n) is 2.11. The summed E-state index contributed by atoms with van der Waals surface area (Å²) < 4.78 is 5.05. The zero-order chi connectivity index (χ0) is 16.0. The van der Waals surface area contributed by atoms with Crippen molar-refractivity contribution in [3.8, 4) is 5.75 Å². The van der Waals surface area contributed by atoms with Gasteiger partial charge in [0.1, 0.15) is 5.75 Å². The molecule has 0 saturated carbocycles. The molecule has 0 bridgehead atoms. The molecule has 21 heavy (non-hydrogen) atoms. The fraction of sp³-hybridized carbons (Fsp3) is 0.533. The van der Waals surface area contributed by atoms with Gasteiger partial charge >= 0.3 is 6.03 Å². The van der Waals surface area contributed by atoms with Crippen molar-refractivity contribution in [2.75, 3.05) is 19.0 Å². The molecular formula is C15H23ClN2O3. The second-order valence-corrected chi connectivity index (χ2v) is 6.28. The first-order valence-corrected chi connectivity index (χ1v) is 7.18. The van der Waals surface area contributed by atoms with Crippen LogP contribution >= 0.6 is 11.6 Å². The van der Waals surface area contributed by atoms with Crippen LogP contribution < -0.4 is 15.4 Å². The minimum absolute atomic E-state index is 0.178. The van der Waals surface area contributed by atoms with E-state index in [2.05, 4.69) is 10.6 Å². The molecule has 0 aliphatic heterocycles. The van der Waals surface area contributed by atoms with Crippen LogP contribution in [0.5, 0.6) is 5.75 Å². The van der Waals surface area contributed by atoms with Crippen LogP contribution in [0.25, 0.3) is 0 Å². The average molecular weight is 315 g/mol. The highest BCUT2D eigenvalue weighted by atomic mass is 35.5. The molecule has 1 unspecified atom stereocenters. The first-order chi connectivity index (χ1) is 9.73. The van der Waals surface area contributed by atoms with Crippen molar-refractivity contribution in [1.82, 2.24) is 5.32 Å². The molecule has 0 aromatic heterocycles. The number of halogens is 1. The number of hydrogen-bond acceptors (Lipinski definition) is 3. The highest BCUT2D eigenvalue weighted by Gasteiger charge is 2.21. The van der Waals surface area contributed by atoms with Gasteiger partial charge in [-0.2, -0.15) is 0 Å². The Hall–Kier alpha value is -1.46. The number of urea groups is 1. The molecule has 0 spiro atoms. The summed E-state index contributed by atoms with van der Waals surface area (Å²) >= 11 is 6.00. The van der Waals surface area contributed by atoms with E-state index in [1.807, 2.05) is 13.8 Å². The number of ether oxygens (including phenoxy) is 1. The maximum Gasteiger partial charge on any atom is 0.319 e. The van der Waals surface area contributed by atoms with Gasteiger partial charge < -0.3 is 20.5 Å². The number of aliphatic hydroxyl groups excluding tert-OH is 1. The molecule has 1 atom stereocenters. The lowest BCUT2D eigenvalue weighted by molar-refractivity contribution is 0.129. The number of amides is 2. The lowest BCUT2D eigenvalue weighted by Gasteiger charge is -2.26. The zero-order valence-electron chi connectivity index (χ0n) is 12.9. The van der Waals surface area contributed by atoms with Gasteiger partial charge in [0.2, 0.25) is 0 Å². The van der Waals surface area contributed by atoms with Crippen LogP contribution in [0, 0.1) is 5.41 Å². The molecule has 0 radical (unpaired) electrons. The van der Waals surface area contributed by atoms with E-state index in [-0.39, 0.29) is 11.4 Å². The number of aliphatic hydroxyl groups is 1. The lowest BCUT2D eigenvalue weighted by Crippen LogP contribution is -2.38. The highest BCUT2D eigenvalue weighted by Crippen LogP contribution is 2.27. The molecule has 0 fully saturated rings. The number of carbonyl (C=O) groups is 1. The third kappa shape index (κ3) is 6.23. The third-order valence-corrected chi connectivity index (χ3v) is 3.28. The van der Waals surface area contributed by atoms with E-state index < -0.39 is 6.10 Å². The van der Waals surface area contributed by atoms with Crippen LogP contribution in [0.3, 0.4) is 0 Å². The van der Waals surface area contributed by atoms with Crippen molar-refractivity contribution >= 4 is 23.3 Å². The van der Waals surface area contributed by atoms with E-state index in [9.17, 15) is 9.90 Å². The minimum atomic E-state index is -0.398. The van der Waals surface area contributed by atoms with Gasteiger partial charge in [-0.1, -0.05) is 25.4 Å². The van der Waals surface area contributed by atoms with Crippen molar-refractivity contribution in [1.29, 1.82) is 0 Å². The molecular weight excluding hydrogens is 292 g/mol. The summed E-state index contributed by atoms with van der Waals surface area (Å²) in [5.41, 5.74) is 0.412. The predicted molar refractivity (Wildman–Crippen MR) is 85.1 cm³/mol. The molecule has 3 N–H and O–H groups in total. The number of nitrogens with one attached hydrogen (secondary N) is 2. The minimum Gasteiger partial charge on any atom is -0.495 e. The molecule has 0 saturated heterocycles. The molecule has 5 nitrogen and oxygen atoms in total. The Bertz CT molecular complexity index is 490. The maximum atomic E-state index is 11.9. The number of rotatable bonds is 6. The second kappa shape index (κ2) is 7.52. The quantitative estimate of drug-likeness (QED) is 0.754.